The molecule has 0 heterocycles. The van der Waals surface area contributed by atoms with Crippen LogP contribution in [0.2, 0.25) is 0 Å². The Morgan fingerprint density at radius 1 is 1.56 bits per heavy atom. The number of aliphatic hydroxyl groups excluding tert-OH is 1. The first kappa shape index (κ1) is 8.52. The lowest BCUT2D eigenvalue weighted by Crippen LogP contribution is -2.13. The van der Waals surface area contributed by atoms with Crippen molar-refractivity contribution in [1.82, 2.24) is 0 Å². The standard InChI is InChI=1S/C8H14O/c1-4-6-7(3)8(9)5-2/h7-9H,5H2,1-3H3/t7-,8+/m1/s1. The molecule has 0 aromatic heterocycles. The summed E-state index contributed by atoms with van der Waals surface area (Å²) in [6.07, 6.45) is 0.535. The van der Waals surface area contributed by atoms with Crippen LogP contribution in [0.4, 0.5) is 0 Å². The Kier molecular flexibility index (Phi) is 4.17. The van der Waals surface area contributed by atoms with E-state index >= 15 is 0 Å². The van der Waals surface area contributed by atoms with Crippen molar-refractivity contribution in [3.05, 3.63) is 0 Å². The molecule has 0 saturated heterocycles. The summed E-state index contributed by atoms with van der Waals surface area (Å²) < 4.78 is 0. The molecule has 9 heavy (non-hydrogen) atoms. The number of aliphatic hydroxyl groups is 1. The highest BCUT2D eigenvalue weighted by Crippen LogP contribution is 2.03. The molecule has 0 saturated carbocycles. The lowest BCUT2D eigenvalue weighted by molar-refractivity contribution is 0.137. The topological polar surface area (TPSA) is 20.2 Å². The smallest absolute Gasteiger partial charge is 0.0672 e. The van der Waals surface area contributed by atoms with Gasteiger partial charge in [-0.25, -0.2) is 0 Å². The minimum atomic E-state index is -0.252. The molecule has 0 amide bonds. The van der Waals surface area contributed by atoms with Crippen LogP contribution in [0.25, 0.3) is 0 Å². The molecule has 0 spiro atoms. The number of rotatable bonds is 2. The van der Waals surface area contributed by atoms with Gasteiger partial charge in [-0.3, -0.25) is 0 Å². The molecule has 52 valence electrons. The van der Waals surface area contributed by atoms with Gasteiger partial charge in [0.1, 0.15) is 0 Å². The van der Waals surface area contributed by atoms with Crippen molar-refractivity contribution in [2.75, 3.05) is 0 Å². The van der Waals surface area contributed by atoms with Crippen molar-refractivity contribution >= 4 is 0 Å². The minimum Gasteiger partial charge on any atom is -0.392 e. The van der Waals surface area contributed by atoms with E-state index in [1.165, 1.54) is 0 Å². The molecule has 1 heteroatoms. The van der Waals surface area contributed by atoms with Crippen LogP contribution < -0.4 is 0 Å². The van der Waals surface area contributed by atoms with Crippen LogP contribution >= 0.6 is 0 Å². The summed E-state index contributed by atoms with van der Waals surface area (Å²) in [5.41, 5.74) is 0. The summed E-state index contributed by atoms with van der Waals surface area (Å²) in [6.45, 7) is 5.68. The third-order valence-electron chi connectivity index (χ3n) is 1.37. The van der Waals surface area contributed by atoms with Crippen LogP contribution in [-0.2, 0) is 0 Å². The summed E-state index contributed by atoms with van der Waals surface area (Å²) in [5.74, 6) is 5.79. The third kappa shape index (κ3) is 3.16. The van der Waals surface area contributed by atoms with Crippen LogP contribution in [0.5, 0.6) is 0 Å². The third-order valence-corrected chi connectivity index (χ3v) is 1.37. The van der Waals surface area contributed by atoms with Crippen molar-refractivity contribution in [2.24, 2.45) is 5.92 Å². The maximum absolute atomic E-state index is 9.16. The first-order valence-electron chi connectivity index (χ1n) is 3.32. The number of hydrogen-bond acceptors (Lipinski definition) is 1. The van der Waals surface area contributed by atoms with Gasteiger partial charge in [-0.15, -0.1) is 5.92 Å². The molecule has 0 unspecified atom stereocenters. The fourth-order valence-electron chi connectivity index (χ4n) is 0.677. The normalized spacial score (nSPS) is 15.6. The van der Waals surface area contributed by atoms with E-state index in [0.717, 1.165) is 6.42 Å². The largest absolute Gasteiger partial charge is 0.392 e. The van der Waals surface area contributed by atoms with Gasteiger partial charge in [0.2, 0.25) is 0 Å². The van der Waals surface area contributed by atoms with E-state index in [1.807, 2.05) is 13.8 Å². The highest BCUT2D eigenvalue weighted by Gasteiger charge is 2.06. The van der Waals surface area contributed by atoms with Crippen molar-refractivity contribution in [1.29, 1.82) is 0 Å². The van der Waals surface area contributed by atoms with Crippen LogP contribution in [0.1, 0.15) is 27.2 Å². The van der Waals surface area contributed by atoms with Gasteiger partial charge in [0, 0.05) is 5.92 Å². The Bertz CT molecular complexity index is 118. The molecule has 0 rings (SSSR count). The van der Waals surface area contributed by atoms with Gasteiger partial charge in [-0.1, -0.05) is 12.8 Å². The Morgan fingerprint density at radius 3 is 2.44 bits per heavy atom. The molecule has 0 aromatic carbocycles. The zero-order valence-corrected chi connectivity index (χ0v) is 6.31. The average Bonchev–Trinajstić information content (AvgIpc) is 1.87. The predicted octanol–water partition coefficient (Wildman–Crippen LogP) is 1.42. The van der Waals surface area contributed by atoms with E-state index in [9.17, 15) is 0 Å². The molecule has 1 N–H and O–H groups in total. The molecular weight excluding hydrogens is 112 g/mol. The zero-order chi connectivity index (χ0) is 7.28. The molecule has 0 aliphatic heterocycles. The summed E-state index contributed by atoms with van der Waals surface area (Å²) in [6, 6.07) is 0. The fraction of sp³-hybridized carbons (Fsp3) is 0.750. The second-order valence-corrected chi connectivity index (χ2v) is 2.16. The molecular formula is C8H14O. The Balaban J connectivity index is 3.67. The van der Waals surface area contributed by atoms with E-state index in [4.69, 9.17) is 5.11 Å². The van der Waals surface area contributed by atoms with E-state index in [1.54, 1.807) is 6.92 Å². The Labute approximate surface area is 57.1 Å². The molecule has 1 nitrogen and oxygen atoms in total. The Morgan fingerprint density at radius 2 is 2.11 bits per heavy atom. The SMILES string of the molecule is CC#C[C@@H](C)[C@@H](O)CC. The van der Waals surface area contributed by atoms with Gasteiger partial charge in [0.05, 0.1) is 6.10 Å². The second-order valence-electron chi connectivity index (χ2n) is 2.16. The quantitative estimate of drug-likeness (QED) is 0.555. The summed E-state index contributed by atoms with van der Waals surface area (Å²) in [4.78, 5) is 0. The first-order chi connectivity index (χ1) is 4.22. The summed E-state index contributed by atoms with van der Waals surface area (Å²) >= 11 is 0. The maximum atomic E-state index is 9.16. The highest BCUT2D eigenvalue weighted by atomic mass is 16.3. The van der Waals surface area contributed by atoms with Crippen LogP contribution in [0.3, 0.4) is 0 Å². The van der Waals surface area contributed by atoms with Gasteiger partial charge >= 0.3 is 0 Å². The van der Waals surface area contributed by atoms with Crippen LogP contribution in [0.15, 0.2) is 0 Å². The molecule has 0 aliphatic carbocycles. The van der Waals surface area contributed by atoms with Crippen molar-refractivity contribution in [2.45, 2.75) is 33.3 Å². The fourth-order valence-corrected chi connectivity index (χ4v) is 0.677. The molecule has 0 aliphatic rings. The van der Waals surface area contributed by atoms with Gasteiger partial charge in [0.25, 0.3) is 0 Å². The maximum Gasteiger partial charge on any atom is 0.0672 e. The summed E-state index contributed by atoms with van der Waals surface area (Å²) in [7, 11) is 0. The molecule has 2 atom stereocenters. The minimum absolute atomic E-state index is 0.125. The molecule has 0 aromatic rings. The van der Waals surface area contributed by atoms with Gasteiger partial charge in [-0.05, 0) is 20.3 Å². The van der Waals surface area contributed by atoms with E-state index < -0.39 is 0 Å². The van der Waals surface area contributed by atoms with Crippen LogP contribution in [0, 0.1) is 17.8 Å². The van der Waals surface area contributed by atoms with E-state index in [0.29, 0.717) is 0 Å². The van der Waals surface area contributed by atoms with Crippen molar-refractivity contribution in [3.63, 3.8) is 0 Å². The number of hydrogen-bond donors (Lipinski definition) is 1. The lowest BCUT2D eigenvalue weighted by Gasteiger charge is -2.09. The van der Waals surface area contributed by atoms with E-state index in [2.05, 4.69) is 11.8 Å². The Hall–Kier alpha value is -0.480. The van der Waals surface area contributed by atoms with Crippen molar-refractivity contribution < 1.29 is 5.11 Å². The highest BCUT2D eigenvalue weighted by molar-refractivity contribution is 5.01. The molecule has 0 radical (unpaired) electrons. The van der Waals surface area contributed by atoms with Gasteiger partial charge in [-0.2, -0.15) is 0 Å². The molecule has 0 fully saturated rings. The second kappa shape index (κ2) is 4.40. The van der Waals surface area contributed by atoms with Gasteiger partial charge in [0.15, 0.2) is 0 Å². The predicted molar refractivity (Wildman–Crippen MR) is 38.9 cm³/mol. The van der Waals surface area contributed by atoms with Crippen LogP contribution in [-0.4, -0.2) is 11.2 Å². The zero-order valence-electron chi connectivity index (χ0n) is 6.31. The van der Waals surface area contributed by atoms with Crippen molar-refractivity contribution in [3.8, 4) is 11.8 Å². The lowest BCUT2D eigenvalue weighted by atomic mass is 10.0. The molecule has 0 bridgehead atoms. The first-order valence-corrected chi connectivity index (χ1v) is 3.32. The monoisotopic (exact) mass is 126 g/mol. The average molecular weight is 126 g/mol. The summed E-state index contributed by atoms with van der Waals surface area (Å²) in [5, 5.41) is 9.16. The van der Waals surface area contributed by atoms with Gasteiger partial charge < -0.3 is 5.11 Å². The van der Waals surface area contributed by atoms with E-state index in [-0.39, 0.29) is 12.0 Å².